The Hall–Kier alpha value is -3.42. The van der Waals surface area contributed by atoms with Crippen LogP contribution >= 0.6 is 0 Å². The molecule has 0 unspecified atom stereocenters. The van der Waals surface area contributed by atoms with Crippen molar-refractivity contribution in [1.82, 2.24) is 0 Å². The lowest BCUT2D eigenvalue weighted by Crippen LogP contribution is -2.14. The summed E-state index contributed by atoms with van der Waals surface area (Å²) in [6.45, 7) is 1.35. The average molecular weight is 329 g/mol. The number of nitro groups is 1. The lowest BCUT2D eigenvalue weighted by molar-refractivity contribution is -0.385. The van der Waals surface area contributed by atoms with Crippen LogP contribution in [0.3, 0.4) is 0 Å². The normalized spacial score (nSPS) is 9.92. The molecular formula is C16H15N3O5. The third-order valence-corrected chi connectivity index (χ3v) is 3.11. The summed E-state index contributed by atoms with van der Waals surface area (Å²) in [4.78, 5) is 33.9. The second-order valence-corrected chi connectivity index (χ2v) is 4.82. The highest BCUT2D eigenvalue weighted by Gasteiger charge is 2.19. The fraction of sp³-hybridized carbons (Fsp3) is 0.125. The number of nitrogens with zero attached hydrogens (tertiary/aromatic N) is 1. The van der Waals surface area contributed by atoms with Crippen LogP contribution in [0.25, 0.3) is 0 Å². The van der Waals surface area contributed by atoms with E-state index in [4.69, 9.17) is 4.74 Å². The second-order valence-electron chi connectivity index (χ2n) is 4.82. The molecule has 2 N–H and O–H groups in total. The molecular weight excluding hydrogens is 314 g/mol. The molecule has 2 amide bonds. The molecule has 0 saturated carbocycles. The molecule has 0 spiro atoms. The van der Waals surface area contributed by atoms with E-state index in [1.807, 2.05) is 0 Å². The van der Waals surface area contributed by atoms with Gasteiger partial charge in [-0.15, -0.1) is 0 Å². The first-order valence-corrected chi connectivity index (χ1v) is 6.92. The van der Waals surface area contributed by atoms with Crippen LogP contribution in [-0.4, -0.2) is 23.8 Å². The molecule has 8 nitrogen and oxygen atoms in total. The highest BCUT2D eigenvalue weighted by molar-refractivity contribution is 6.07. The molecule has 0 aromatic heterocycles. The Labute approximate surface area is 137 Å². The number of para-hydroxylation sites is 1. The van der Waals surface area contributed by atoms with Crippen molar-refractivity contribution in [3.63, 3.8) is 0 Å². The molecule has 2 aromatic carbocycles. The van der Waals surface area contributed by atoms with Gasteiger partial charge in [0, 0.05) is 18.7 Å². The van der Waals surface area contributed by atoms with Gasteiger partial charge >= 0.3 is 0 Å². The monoisotopic (exact) mass is 329 g/mol. The maximum atomic E-state index is 12.3. The van der Waals surface area contributed by atoms with Crippen LogP contribution < -0.4 is 15.4 Å². The maximum absolute atomic E-state index is 12.3. The highest BCUT2D eigenvalue weighted by atomic mass is 16.6. The van der Waals surface area contributed by atoms with Gasteiger partial charge in [-0.1, -0.05) is 12.1 Å². The zero-order chi connectivity index (χ0) is 17.7. The van der Waals surface area contributed by atoms with Crippen molar-refractivity contribution >= 4 is 28.9 Å². The molecule has 24 heavy (non-hydrogen) atoms. The van der Waals surface area contributed by atoms with Crippen molar-refractivity contribution in [2.24, 2.45) is 0 Å². The van der Waals surface area contributed by atoms with Crippen molar-refractivity contribution in [3.05, 3.63) is 58.1 Å². The van der Waals surface area contributed by atoms with E-state index >= 15 is 0 Å². The third-order valence-electron chi connectivity index (χ3n) is 3.11. The summed E-state index contributed by atoms with van der Waals surface area (Å²) in [5.74, 6) is -0.495. The quantitative estimate of drug-likeness (QED) is 0.647. The molecule has 0 radical (unpaired) electrons. The van der Waals surface area contributed by atoms with Gasteiger partial charge in [0.15, 0.2) is 0 Å². The molecule has 8 heteroatoms. The van der Waals surface area contributed by atoms with Gasteiger partial charge in [-0.3, -0.25) is 19.7 Å². The maximum Gasteiger partial charge on any atom is 0.282 e. The standard InChI is InChI=1S/C16H15N3O5/c1-10(20)17-13-9-11(7-8-15(13)24-2)18-16(21)12-5-3-4-6-14(12)19(22)23/h3-9H,1-2H3,(H,17,20)(H,18,21). The average Bonchev–Trinajstić information content (AvgIpc) is 2.54. The minimum Gasteiger partial charge on any atom is -0.495 e. The SMILES string of the molecule is COc1ccc(NC(=O)c2ccccc2[N+](=O)[O-])cc1NC(C)=O. The van der Waals surface area contributed by atoms with Crippen LogP contribution in [-0.2, 0) is 4.79 Å². The van der Waals surface area contributed by atoms with Gasteiger partial charge in [0.25, 0.3) is 11.6 Å². The Morgan fingerprint density at radius 1 is 1.12 bits per heavy atom. The predicted octanol–water partition coefficient (Wildman–Crippen LogP) is 2.81. The van der Waals surface area contributed by atoms with Gasteiger partial charge < -0.3 is 15.4 Å². The van der Waals surface area contributed by atoms with Gasteiger partial charge in [-0.2, -0.15) is 0 Å². The van der Waals surface area contributed by atoms with Gasteiger partial charge in [0.1, 0.15) is 11.3 Å². The molecule has 0 bridgehead atoms. The molecule has 0 fully saturated rings. The first-order chi connectivity index (χ1) is 11.4. The van der Waals surface area contributed by atoms with Gasteiger partial charge in [-0.05, 0) is 24.3 Å². The summed E-state index contributed by atoms with van der Waals surface area (Å²) in [5, 5.41) is 16.2. The van der Waals surface area contributed by atoms with E-state index in [0.717, 1.165) is 0 Å². The number of carbonyl (C=O) groups is 2. The van der Waals surface area contributed by atoms with Crippen LogP contribution in [0.2, 0.25) is 0 Å². The largest absolute Gasteiger partial charge is 0.495 e. The lowest BCUT2D eigenvalue weighted by atomic mass is 10.1. The highest BCUT2D eigenvalue weighted by Crippen LogP contribution is 2.28. The zero-order valence-corrected chi connectivity index (χ0v) is 13.0. The van der Waals surface area contributed by atoms with E-state index in [1.54, 1.807) is 18.2 Å². The summed E-state index contributed by atoms with van der Waals surface area (Å²) < 4.78 is 5.12. The molecule has 2 rings (SSSR count). The fourth-order valence-electron chi connectivity index (χ4n) is 2.10. The van der Waals surface area contributed by atoms with Gasteiger partial charge in [0.2, 0.25) is 5.91 Å². The van der Waals surface area contributed by atoms with Gasteiger partial charge in [0.05, 0.1) is 17.7 Å². The van der Waals surface area contributed by atoms with E-state index in [2.05, 4.69) is 10.6 Å². The molecule has 0 aliphatic carbocycles. The van der Waals surface area contributed by atoms with E-state index < -0.39 is 10.8 Å². The number of anilines is 2. The Balaban J connectivity index is 2.29. The molecule has 124 valence electrons. The molecule has 0 aliphatic heterocycles. The van der Waals surface area contributed by atoms with E-state index in [-0.39, 0.29) is 17.2 Å². The van der Waals surface area contributed by atoms with Crippen LogP contribution in [0.1, 0.15) is 17.3 Å². The number of ether oxygens (including phenoxy) is 1. The summed E-state index contributed by atoms with van der Waals surface area (Å²) in [5.41, 5.74) is 0.401. The number of carbonyl (C=O) groups excluding carboxylic acids is 2. The molecule has 0 heterocycles. The summed E-state index contributed by atoms with van der Waals surface area (Å²) >= 11 is 0. The number of benzene rings is 2. The number of hydrogen-bond donors (Lipinski definition) is 2. The van der Waals surface area contributed by atoms with E-state index in [1.165, 1.54) is 38.3 Å². The summed E-state index contributed by atoms with van der Waals surface area (Å²) in [6, 6.07) is 10.3. The van der Waals surface area contributed by atoms with Crippen molar-refractivity contribution in [2.75, 3.05) is 17.7 Å². The Morgan fingerprint density at radius 2 is 1.83 bits per heavy atom. The molecule has 0 atom stereocenters. The van der Waals surface area contributed by atoms with Crippen LogP contribution in [0, 0.1) is 10.1 Å². The number of hydrogen-bond acceptors (Lipinski definition) is 5. The molecule has 2 aromatic rings. The minimum atomic E-state index is -0.624. The Kier molecular flexibility index (Phi) is 5.10. The number of rotatable bonds is 5. The number of amides is 2. The number of nitrogens with one attached hydrogen (secondary N) is 2. The molecule has 0 aliphatic rings. The zero-order valence-electron chi connectivity index (χ0n) is 13.0. The predicted molar refractivity (Wildman–Crippen MR) is 88.3 cm³/mol. The summed E-state index contributed by atoms with van der Waals surface area (Å²) in [7, 11) is 1.45. The van der Waals surface area contributed by atoms with Crippen molar-refractivity contribution in [1.29, 1.82) is 0 Å². The Morgan fingerprint density at radius 3 is 2.46 bits per heavy atom. The van der Waals surface area contributed by atoms with Crippen molar-refractivity contribution < 1.29 is 19.2 Å². The summed E-state index contributed by atoms with van der Waals surface area (Å²) in [6.07, 6.45) is 0. The van der Waals surface area contributed by atoms with Crippen LogP contribution in [0.5, 0.6) is 5.75 Å². The van der Waals surface area contributed by atoms with Gasteiger partial charge in [-0.25, -0.2) is 0 Å². The number of methoxy groups -OCH3 is 1. The second kappa shape index (κ2) is 7.23. The third kappa shape index (κ3) is 3.86. The molecule has 0 saturated heterocycles. The van der Waals surface area contributed by atoms with E-state index in [9.17, 15) is 19.7 Å². The van der Waals surface area contributed by atoms with Crippen molar-refractivity contribution in [2.45, 2.75) is 6.92 Å². The smallest absolute Gasteiger partial charge is 0.282 e. The topological polar surface area (TPSA) is 111 Å². The number of nitro benzene ring substituents is 1. The minimum absolute atomic E-state index is 0.0561. The Bertz CT molecular complexity index is 804. The lowest BCUT2D eigenvalue weighted by Gasteiger charge is -2.12. The first kappa shape index (κ1) is 16.9. The van der Waals surface area contributed by atoms with Crippen LogP contribution in [0.4, 0.5) is 17.1 Å². The van der Waals surface area contributed by atoms with Crippen LogP contribution in [0.15, 0.2) is 42.5 Å². The first-order valence-electron chi connectivity index (χ1n) is 6.92. The fourth-order valence-corrected chi connectivity index (χ4v) is 2.10. The van der Waals surface area contributed by atoms with Crippen molar-refractivity contribution in [3.8, 4) is 5.75 Å². The van der Waals surface area contributed by atoms with E-state index in [0.29, 0.717) is 17.1 Å².